The van der Waals surface area contributed by atoms with Crippen molar-refractivity contribution in [3.63, 3.8) is 0 Å². The van der Waals surface area contributed by atoms with E-state index < -0.39 is 0 Å². The molecule has 206 valence electrons. The number of carbonyl (C=O) groups is 3. The van der Waals surface area contributed by atoms with Crippen LogP contribution in [0.15, 0.2) is 58.4 Å². The summed E-state index contributed by atoms with van der Waals surface area (Å²) in [5.74, 6) is -0.655. The van der Waals surface area contributed by atoms with Crippen LogP contribution in [0.1, 0.15) is 71.8 Å². The second kappa shape index (κ2) is 14.5. The highest BCUT2D eigenvalue weighted by atomic mass is 35.5. The van der Waals surface area contributed by atoms with Gasteiger partial charge in [-0.15, -0.1) is 0 Å². The molecule has 0 fully saturated rings. The molecule has 1 aromatic heterocycles. The molecular formula is C31H36ClN3O4. The third-order valence-electron chi connectivity index (χ3n) is 6.56. The Morgan fingerprint density at radius 2 is 1.97 bits per heavy atom. The van der Waals surface area contributed by atoms with E-state index in [1.807, 2.05) is 26.8 Å². The van der Waals surface area contributed by atoms with Crippen LogP contribution >= 0.6 is 11.6 Å². The highest BCUT2D eigenvalue weighted by Crippen LogP contribution is 2.40. The van der Waals surface area contributed by atoms with E-state index >= 15 is 0 Å². The lowest BCUT2D eigenvalue weighted by molar-refractivity contribution is -0.139. The molecule has 1 N–H and O–H groups in total. The Labute approximate surface area is 235 Å². The summed E-state index contributed by atoms with van der Waals surface area (Å²) in [6.45, 7) is 6.17. The van der Waals surface area contributed by atoms with Crippen molar-refractivity contribution in [1.29, 1.82) is 0 Å². The summed E-state index contributed by atoms with van der Waals surface area (Å²) in [5.41, 5.74) is 4.65. The molecule has 0 saturated carbocycles. The largest absolute Gasteiger partial charge is 0.430 e. The van der Waals surface area contributed by atoms with Crippen LogP contribution in [0.3, 0.4) is 0 Å². The van der Waals surface area contributed by atoms with Crippen molar-refractivity contribution < 1.29 is 19.1 Å². The van der Waals surface area contributed by atoms with Crippen LogP contribution in [0.5, 0.6) is 0 Å². The summed E-state index contributed by atoms with van der Waals surface area (Å²) in [7, 11) is 1.68. The monoisotopic (exact) mass is 549 g/mol. The predicted octanol–water partition coefficient (Wildman–Crippen LogP) is 5.92. The number of nitrogens with one attached hydrogen (secondary N) is 1. The fourth-order valence-corrected chi connectivity index (χ4v) is 5.04. The minimum Gasteiger partial charge on any atom is -0.430 e. The first-order valence-electron chi connectivity index (χ1n) is 13.3. The van der Waals surface area contributed by atoms with Gasteiger partial charge in [-0.25, -0.2) is 0 Å². The van der Waals surface area contributed by atoms with Crippen LogP contribution < -0.4 is 5.32 Å². The van der Waals surface area contributed by atoms with Crippen molar-refractivity contribution >= 4 is 41.0 Å². The third-order valence-corrected chi connectivity index (χ3v) is 6.81. The number of amides is 1. The molecule has 0 spiro atoms. The van der Waals surface area contributed by atoms with E-state index in [1.165, 1.54) is 0 Å². The predicted molar refractivity (Wildman–Crippen MR) is 155 cm³/mol. The van der Waals surface area contributed by atoms with Crippen molar-refractivity contribution in [3.05, 3.63) is 81.3 Å². The lowest BCUT2D eigenvalue weighted by Gasteiger charge is -2.15. The molecule has 39 heavy (non-hydrogen) atoms. The van der Waals surface area contributed by atoms with Crippen LogP contribution in [0.25, 0.3) is 5.57 Å². The van der Waals surface area contributed by atoms with Gasteiger partial charge >= 0.3 is 5.97 Å². The van der Waals surface area contributed by atoms with Gasteiger partial charge in [0.2, 0.25) is 0 Å². The Balaban J connectivity index is 1.80. The summed E-state index contributed by atoms with van der Waals surface area (Å²) in [5, 5.41) is 3.44. The number of aliphatic imine (C=N–C) groups is 1. The first-order valence-corrected chi connectivity index (χ1v) is 13.7. The Hall–Kier alpha value is -3.58. The molecule has 7 nitrogen and oxygen atoms in total. The van der Waals surface area contributed by atoms with E-state index in [2.05, 4.69) is 27.4 Å². The van der Waals surface area contributed by atoms with E-state index in [0.717, 1.165) is 35.1 Å². The minimum absolute atomic E-state index is 0.0612. The Morgan fingerprint density at radius 3 is 2.62 bits per heavy atom. The standard InChI is InChI=1S/C31H36ClN3O4/c1-5-9-27(36)39-26-18-23(13-15-35-31(38)25-12-6-7-14-34-25)30(37)29(26)28-20(2)16-22(17-21(28)3)10-8-11-24(32)19-33-4/h6-7,11-12,14,16-17,19,23H,5,8-10,13,15,18H2,1-4H3,(H,35,38)/b24-11+,33-19?. The van der Waals surface area contributed by atoms with Gasteiger partial charge in [-0.2, -0.15) is 0 Å². The van der Waals surface area contributed by atoms with Crippen LogP contribution in [-0.4, -0.2) is 42.5 Å². The Morgan fingerprint density at radius 1 is 1.23 bits per heavy atom. The summed E-state index contributed by atoms with van der Waals surface area (Å²) >= 11 is 6.12. The summed E-state index contributed by atoms with van der Waals surface area (Å²) in [6, 6.07) is 9.28. The fourth-order valence-electron chi connectivity index (χ4n) is 4.83. The maximum Gasteiger partial charge on any atom is 0.310 e. The number of allylic oxidation sites excluding steroid dienone is 4. The zero-order valence-corrected chi connectivity index (χ0v) is 23.8. The average molecular weight is 550 g/mol. The van der Waals surface area contributed by atoms with Gasteiger partial charge in [0.25, 0.3) is 5.91 Å². The average Bonchev–Trinajstić information content (AvgIpc) is 3.18. The van der Waals surface area contributed by atoms with E-state index in [1.54, 1.807) is 37.7 Å². The van der Waals surface area contributed by atoms with Gasteiger partial charge in [-0.05, 0) is 73.9 Å². The molecule has 1 aliphatic carbocycles. The van der Waals surface area contributed by atoms with E-state index in [9.17, 15) is 14.4 Å². The number of ketones is 1. The Kier molecular flexibility index (Phi) is 11.2. The summed E-state index contributed by atoms with van der Waals surface area (Å²) in [4.78, 5) is 46.5. The third kappa shape index (κ3) is 8.20. The number of hydrogen-bond donors (Lipinski definition) is 1. The van der Waals surface area contributed by atoms with Gasteiger partial charge in [0.15, 0.2) is 5.78 Å². The SMILES string of the molecule is CCCC(=O)OC1=C(c2c(C)cc(CC/C=C(/Cl)C=NC)cc2C)C(=O)C(CCNC(=O)c2ccccn2)C1. The van der Waals surface area contributed by atoms with Gasteiger partial charge < -0.3 is 10.1 Å². The number of hydrogen-bond acceptors (Lipinski definition) is 6. The highest BCUT2D eigenvalue weighted by Gasteiger charge is 2.37. The molecule has 0 aliphatic heterocycles. The molecule has 1 atom stereocenters. The molecule has 3 rings (SSSR count). The number of Topliss-reactive ketones (excluding diaryl/α,β-unsaturated/α-hetero) is 1. The van der Waals surface area contributed by atoms with Crippen LogP contribution in [0.2, 0.25) is 0 Å². The number of aromatic nitrogens is 1. The van der Waals surface area contributed by atoms with E-state index in [4.69, 9.17) is 16.3 Å². The normalized spacial score (nSPS) is 15.8. The lowest BCUT2D eigenvalue weighted by Crippen LogP contribution is -2.27. The fraction of sp³-hybridized carbons (Fsp3) is 0.387. The molecule has 1 aromatic carbocycles. The number of aryl methyl sites for hydroxylation is 3. The van der Waals surface area contributed by atoms with E-state index in [-0.39, 0.29) is 30.0 Å². The molecule has 1 amide bonds. The molecule has 1 unspecified atom stereocenters. The number of halogens is 1. The van der Waals surface area contributed by atoms with Crippen LogP contribution in [0, 0.1) is 19.8 Å². The zero-order valence-electron chi connectivity index (χ0n) is 23.1. The molecule has 2 aromatic rings. The van der Waals surface area contributed by atoms with Gasteiger partial charge in [0, 0.05) is 44.8 Å². The zero-order chi connectivity index (χ0) is 28.4. The number of pyridine rings is 1. The molecule has 0 saturated heterocycles. The van der Waals surface area contributed by atoms with Crippen molar-refractivity contribution in [1.82, 2.24) is 10.3 Å². The first-order chi connectivity index (χ1) is 18.7. The van der Waals surface area contributed by atoms with Crippen molar-refractivity contribution in [3.8, 4) is 0 Å². The smallest absolute Gasteiger partial charge is 0.310 e. The molecule has 0 bridgehead atoms. The molecule has 1 aliphatic rings. The van der Waals surface area contributed by atoms with Gasteiger partial charge in [0.05, 0.1) is 10.6 Å². The maximum atomic E-state index is 13.7. The molecule has 8 heteroatoms. The number of carbonyl (C=O) groups excluding carboxylic acids is 3. The van der Waals surface area contributed by atoms with Gasteiger partial charge in [-0.3, -0.25) is 24.4 Å². The maximum absolute atomic E-state index is 13.7. The van der Waals surface area contributed by atoms with Crippen molar-refractivity contribution in [2.75, 3.05) is 13.6 Å². The molecule has 1 heterocycles. The number of esters is 1. The van der Waals surface area contributed by atoms with Gasteiger partial charge in [-0.1, -0.05) is 42.8 Å². The minimum atomic E-state index is -0.389. The lowest BCUT2D eigenvalue weighted by atomic mass is 9.89. The summed E-state index contributed by atoms with van der Waals surface area (Å²) in [6.07, 6.45) is 8.35. The highest BCUT2D eigenvalue weighted by molar-refractivity contribution is 6.39. The second-order valence-electron chi connectivity index (χ2n) is 9.67. The second-order valence-corrected chi connectivity index (χ2v) is 10.1. The number of ether oxygens (including phenoxy) is 1. The van der Waals surface area contributed by atoms with Crippen molar-refractivity contribution in [2.45, 2.75) is 59.3 Å². The van der Waals surface area contributed by atoms with Crippen LogP contribution in [0.4, 0.5) is 0 Å². The molecular weight excluding hydrogens is 514 g/mol. The van der Waals surface area contributed by atoms with E-state index in [0.29, 0.717) is 47.9 Å². The summed E-state index contributed by atoms with van der Waals surface area (Å²) < 4.78 is 5.76. The Bertz CT molecular complexity index is 1280. The topological polar surface area (TPSA) is 97.7 Å². The number of rotatable bonds is 12. The first kappa shape index (κ1) is 30.0. The van der Waals surface area contributed by atoms with Crippen molar-refractivity contribution in [2.24, 2.45) is 10.9 Å². The van der Waals surface area contributed by atoms with Crippen LogP contribution in [-0.2, 0) is 20.7 Å². The quantitative estimate of drug-likeness (QED) is 0.262. The number of benzene rings is 1. The molecule has 0 radical (unpaired) electrons. The number of nitrogens with zero attached hydrogens (tertiary/aromatic N) is 2. The van der Waals surface area contributed by atoms with Gasteiger partial charge in [0.1, 0.15) is 11.5 Å².